The molecule has 0 aromatic heterocycles. The molecule has 0 bridgehead atoms. The molecule has 35 heavy (non-hydrogen) atoms. The normalized spacial score (nSPS) is 16.9. The fraction of sp³-hybridized carbons (Fsp3) is 0.179. The Morgan fingerprint density at radius 3 is 2.34 bits per heavy atom. The Morgan fingerprint density at radius 2 is 1.69 bits per heavy atom. The van der Waals surface area contributed by atoms with E-state index in [2.05, 4.69) is 66.6 Å². The topological polar surface area (TPSA) is 57.5 Å². The molecule has 2 aliphatic heterocycles. The van der Waals surface area contributed by atoms with E-state index in [0.29, 0.717) is 16.7 Å². The van der Waals surface area contributed by atoms with Gasteiger partial charge >= 0.3 is 5.97 Å². The maximum atomic E-state index is 13.0. The van der Waals surface area contributed by atoms with Gasteiger partial charge in [0.1, 0.15) is 0 Å². The zero-order chi connectivity index (χ0) is 24.5. The number of esters is 1. The summed E-state index contributed by atoms with van der Waals surface area (Å²) in [6, 6.07) is 23.5. The molecule has 0 N–H and O–H groups in total. The summed E-state index contributed by atoms with van der Waals surface area (Å²) in [7, 11) is 0. The molecule has 0 saturated heterocycles. The fourth-order valence-corrected chi connectivity index (χ4v) is 4.31. The molecule has 2 heterocycles. The third-order valence-corrected chi connectivity index (χ3v) is 6.15. The average molecular weight is 485 g/mol. The van der Waals surface area contributed by atoms with Crippen molar-refractivity contribution in [1.29, 1.82) is 0 Å². The lowest BCUT2D eigenvalue weighted by Gasteiger charge is -2.32. The summed E-state index contributed by atoms with van der Waals surface area (Å²) in [6.45, 7) is 6.13. The number of guanidine groups is 1. The fourth-order valence-electron chi connectivity index (χ4n) is 4.12. The first-order chi connectivity index (χ1) is 16.9. The summed E-state index contributed by atoms with van der Waals surface area (Å²) in [4.78, 5) is 19.9. The molecule has 6 nitrogen and oxygen atoms in total. The number of benzene rings is 3. The number of amidine groups is 1. The number of hydrogen-bond donors (Lipinski definition) is 0. The number of hydrogen-bond acceptors (Lipinski definition) is 6. The predicted molar refractivity (Wildman–Crippen MR) is 140 cm³/mol. The molecule has 1 atom stereocenters. The number of ether oxygens (including phenoxy) is 1. The highest BCUT2D eigenvalue weighted by Gasteiger charge is 2.43. The molecule has 0 spiro atoms. The SMILES string of the molecule is CCOC(=O)C1=NN(c2cccc(Cl)c2)C2=NC(c3ccc(C)cc3)=C[C@H](c3ccc(C)cc3)N12. The second-order valence-electron chi connectivity index (χ2n) is 8.49. The minimum absolute atomic E-state index is 0.176. The van der Waals surface area contributed by atoms with Crippen molar-refractivity contribution >= 4 is 40.7 Å². The molecule has 3 aromatic carbocycles. The number of fused-ring (bicyclic) bond motifs is 1. The van der Waals surface area contributed by atoms with Crippen LogP contribution in [0.25, 0.3) is 5.70 Å². The quantitative estimate of drug-likeness (QED) is 0.410. The van der Waals surface area contributed by atoms with Gasteiger partial charge in [0.15, 0.2) is 0 Å². The number of nitrogens with zero attached hydrogens (tertiary/aromatic N) is 4. The Bertz CT molecular complexity index is 1360. The molecular weight excluding hydrogens is 460 g/mol. The van der Waals surface area contributed by atoms with Gasteiger partial charge in [-0.1, -0.05) is 77.3 Å². The first-order valence-corrected chi connectivity index (χ1v) is 11.9. The minimum atomic E-state index is -0.506. The summed E-state index contributed by atoms with van der Waals surface area (Å²) < 4.78 is 5.37. The van der Waals surface area contributed by atoms with Gasteiger partial charge < -0.3 is 4.74 Å². The Balaban J connectivity index is 1.69. The number of aryl methyl sites for hydroxylation is 2. The summed E-state index contributed by atoms with van der Waals surface area (Å²) in [6.07, 6.45) is 2.06. The summed E-state index contributed by atoms with van der Waals surface area (Å²) in [5.41, 5.74) is 5.82. The molecule has 0 unspecified atom stereocenters. The van der Waals surface area contributed by atoms with Crippen LogP contribution < -0.4 is 5.01 Å². The zero-order valence-corrected chi connectivity index (χ0v) is 20.5. The highest BCUT2D eigenvalue weighted by Crippen LogP contribution is 2.38. The lowest BCUT2D eigenvalue weighted by Crippen LogP contribution is -2.44. The van der Waals surface area contributed by atoms with Crippen LogP contribution in [-0.4, -0.2) is 29.3 Å². The largest absolute Gasteiger partial charge is 0.460 e. The van der Waals surface area contributed by atoms with E-state index in [1.807, 2.05) is 24.0 Å². The number of anilines is 1. The number of carbonyl (C=O) groups is 1. The van der Waals surface area contributed by atoms with E-state index in [4.69, 9.17) is 21.3 Å². The smallest absolute Gasteiger partial charge is 0.376 e. The minimum Gasteiger partial charge on any atom is -0.460 e. The van der Waals surface area contributed by atoms with Crippen LogP contribution in [0.4, 0.5) is 5.69 Å². The maximum Gasteiger partial charge on any atom is 0.376 e. The van der Waals surface area contributed by atoms with Crippen LogP contribution in [0.15, 0.2) is 89.0 Å². The third kappa shape index (κ3) is 4.45. The van der Waals surface area contributed by atoms with Gasteiger partial charge in [0.25, 0.3) is 0 Å². The molecule has 7 heteroatoms. The summed E-state index contributed by atoms with van der Waals surface area (Å²) >= 11 is 6.29. The molecular formula is C28H25ClN4O2. The maximum absolute atomic E-state index is 13.0. The van der Waals surface area contributed by atoms with Crippen molar-refractivity contribution in [1.82, 2.24) is 4.90 Å². The summed E-state index contributed by atoms with van der Waals surface area (Å²) in [5.74, 6) is 0.184. The van der Waals surface area contributed by atoms with Crippen LogP contribution in [0.3, 0.4) is 0 Å². The standard InChI is InChI=1S/C28H25ClN4O2/c1-4-35-27(34)26-31-33(23-7-5-6-22(29)16-23)28-30-24(20-12-8-18(2)9-13-20)17-25(32(26)28)21-14-10-19(3)11-15-21/h5-17,25H,4H2,1-3H3/t25-/m1/s1. The van der Waals surface area contributed by atoms with Crippen LogP contribution >= 0.6 is 11.6 Å². The van der Waals surface area contributed by atoms with Crippen molar-refractivity contribution in [3.8, 4) is 0 Å². The van der Waals surface area contributed by atoms with Gasteiger partial charge in [0.05, 0.1) is 24.0 Å². The predicted octanol–water partition coefficient (Wildman–Crippen LogP) is 6.11. The third-order valence-electron chi connectivity index (χ3n) is 5.92. The van der Waals surface area contributed by atoms with E-state index in [1.165, 1.54) is 5.56 Å². The molecule has 0 fully saturated rings. The first-order valence-electron chi connectivity index (χ1n) is 11.5. The Morgan fingerprint density at radius 1 is 1.00 bits per heavy atom. The van der Waals surface area contributed by atoms with Gasteiger partial charge in [0, 0.05) is 10.6 Å². The molecule has 0 amide bonds. The van der Waals surface area contributed by atoms with Crippen molar-refractivity contribution in [2.24, 2.45) is 10.1 Å². The zero-order valence-electron chi connectivity index (χ0n) is 19.8. The Labute approximate surface area is 209 Å². The second kappa shape index (κ2) is 9.39. The molecule has 176 valence electrons. The molecule has 0 aliphatic carbocycles. The Hall–Kier alpha value is -3.90. The van der Waals surface area contributed by atoms with Crippen LogP contribution in [0.1, 0.15) is 35.2 Å². The van der Waals surface area contributed by atoms with Crippen molar-refractivity contribution in [3.05, 3.63) is 106 Å². The van der Waals surface area contributed by atoms with Crippen LogP contribution in [0.5, 0.6) is 0 Å². The molecule has 2 aliphatic rings. The van der Waals surface area contributed by atoms with Gasteiger partial charge in [-0.25, -0.2) is 9.79 Å². The number of aliphatic imine (C=N–C) groups is 1. The monoisotopic (exact) mass is 484 g/mol. The van der Waals surface area contributed by atoms with E-state index >= 15 is 0 Å². The first kappa shape index (κ1) is 22.9. The summed E-state index contributed by atoms with van der Waals surface area (Å²) in [5, 5.41) is 6.89. The van der Waals surface area contributed by atoms with E-state index in [-0.39, 0.29) is 18.5 Å². The van der Waals surface area contributed by atoms with Gasteiger partial charge in [-0.2, -0.15) is 5.01 Å². The van der Waals surface area contributed by atoms with Crippen molar-refractivity contribution in [2.45, 2.75) is 26.8 Å². The highest BCUT2D eigenvalue weighted by molar-refractivity contribution is 6.41. The van der Waals surface area contributed by atoms with Gasteiger partial charge in [-0.15, -0.1) is 5.10 Å². The van der Waals surface area contributed by atoms with Gasteiger partial charge in [-0.3, -0.25) is 4.90 Å². The van der Waals surface area contributed by atoms with Crippen LogP contribution in [-0.2, 0) is 9.53 Å². The van der Waals surface area contributed by atoms with Gasteiger partial charge in [-0.05, 0) is 50.6 Å². The van der Waals surface area contributed by atoms with Crippen molar-refractivity contribution < 1.29 is 9.53 Å². The number of hydrazone groups is 1. The molecule has 0 saturated carbocycles. The number of rotatable bonds is 5. The van der Waals surface area contributed by atoms with E-state index in [1.54, 1.807) is 24.1 Å². The van der Waals surface area contributed by atoms with Crippen molar-refractivity contribution in [2.75, 3.05) is 11.6 Å². The van der Waals surface area contributed by atoms with E-state index < -0.39 is 5.97 Å². The van der Waals surface area contributed by atoms with Crippen molar-refractivity contribution in [3.63, 3.8) is 0 Å². The van der Waals surface area contributed by atoms with E-state index in [9.17, 15) is 4.79 Å². The lowest BCUT2D eigenvalue weighted by molar-refractivity contribution is -0.135. The molecule has 5 rings (SSSR count). The lowest BCUT2D eigenvalue weighted by atomic mass is 9.99. The second-order valence-corrected chi connectivity index (χ2v) is 8.93. The van der Waals surface area contributed by atoms with Crippen LogP contribution in [0.2, 0.25) is 5.02 Å². The highest BCUT2D eigenvalue weighted by atomic mass is 35.5. The average Bonchev–Trinajstić information content (AvgIpc) is 3.24. The molecule has 0 radical (unpaired) electrons. The van der Waals surface area contributed by atoms with Crippen LogP contribution in [0, 0.1) is 13.8 Å². The van der Waals surface area contributed by atoms with E-state index in [0.717, 1.165) is 22.4 Å². The van der Waals surface area contributed by atoms with Gasteiger partial charge in [0.2, 0.25) is 11.8 Å². The number of halogens is 1. The molecule has 3 aromatic rings. The number of carbonyl (C=O) groups excluding carboxylic acids is 1. The Kier molecular flexibility index (Phi) is 6.14.